The first-order valence-electron chi connectivity index (χ1n) is 2.63. The molecule has 0 unspecified atom stereocenters. The fourth-order valence-electron chi connectivity index (χ4n) is 0.632. The summed E-state index contributed by atoms with van der Waals surface area (Å²) in [6.07, 6.45) is 1.58. The molecule has 1 aromatic heterocycles. The van der Waals surface area contributed by atoms with Gasteiger partial charge < -0.3 is 4.57 Å². The lowest BCUT2D eigenvalue weighted by Gasteiger charge is -1.96. The van der Waals surface area contributed by atoms with E-state index in [0.717, 1.165) is 3.57 Å². The Hall–Kier alpha value is -0.390. The molecule has 0 radical (unpaired) electrons. The molecule has 0 aromatic carbocycles. The van der Waals surface area contributed by atoms with Crippen molar-refractivity contribution in [2.24, 2.45) is 7.05 Å². The molecular formula is C6H5FINO. The first kappa shape index (κ1) is 7.71. The minimum Gasteiger partial charge on any atom is -0.315 e. The first-order valence-corrected chi connectivity index (χ1v) is 3.71. The van der Waals surface area contributed by atoms with Gasteiger partial charge in [-0.15, -0.1) is 0 Å². The monoisotopic (exact) mass is 253 g/mol. The Morgan fingerprint density at radius 1 is 1.70 bits per heavy atom. The molecule has 2 nitrogen and oxygen atoms in total. The Balaban J connectivity index is 3.46. The van der Waals surface area contributed by atoms with Crippen molar-refractivity contribution in [1.82, 2.24) is 4.57 Å². The van der Waals surface area contributed by atoms with Crippen LogP contribution in [0.2, 0.25) is 0 Å². The number of pyridine rings is 1. The smallest absolute Gasteiger partial charge is 0.286 e. The molecule has 1 aromatic rings. The summed E-state index contributed by atoms with van der Waals surface area (Å²) in [6, 6.07) is 1.21. The van der Waals surface area contributed by atoms with Crippen LogP contribution >= 0.6 is 22.6 Å². The van der Waals surface area contributed by atoms with Gasteiger partial charge in [0.2, 0.25) is 0 Å². The summed E-state index contributed by atoms with van der Waals surface area (Å²) < 4.78 is 14.4. The maximum atomic E-state index is 12.5. The summed E-state index contributed by atoms with van der Waals surface area (Å²) in [5, 5.41) is 0. The summed E-state index contributed by atoms with van der Waals surface area (Å²) >= 11 is 1.95. The second kappa shape index (κ2) is 2.69. The topological polar surface area (TPSA) is 22.0 Å². The summed E-state index contributed by atoms with van der Waals surface area (Å²) in [4.78, 5) is 10.7. The van der Waals surface area contributed by atoms with Gasteiger partial charge in [-0.1, -0.05) is 0 Å². The zero-order chi connectivity index (χ0) is 7.72. The third-order valence-electron chi connectivity index (χ3n) is 1.11. The highest BCUT2D eigenvalue weighted by Gasteiger charge is 1.99. The molecular weight excluding hydrogens is 248 g/mol. The lowest BCUT2D eigenvalue weighted by Crippen LogP contribution is -2.19. The van der Waals surface area contributed by atoms with Gasteiger partial charge in [0.1, 0.15) is 0 Å². The van der Waals surface area contributed by atoms with Crippen molar-refractivity contribution in [3.63, 3.8) is 0 Å². The fraction of sp³-hybridized carbons (Fsp3) is 0.167. The molecule has 0 aliphatic carbocycles. The average Bonchev–Trinajstić information content (AvgIpc) is 1.82. The van der Waals surface area contributed by atoms with E-state index in [1.54, 1.807) is 6.20 Å². The molecule has 54 valence electrons. The van der Waals surface area contributed by atoms with Crippen LogP contribution in [0.4, 0.5) is 4.39 Å². The molecule has 0 saturated carbocycles. The normalized spacial score (nSPS) is 9.90. The number of rotatable bonds is 0. The molecule has 10 heavy (non-hydrogen) atoms. The Morgan fingerprint density at radius 3 is 2.80 bits per heavy atom. The molecule has 1 rings (SSSR count). The van der Waals surface area contributed by atoms with E-state index in [0.29, 0.717) is 0 Å². The molecule has 0 aliphatic heterocycles. The standard InChI is InChI=1S/C6H5FINO/c1-9-3-4(8)2-5(7)6(9)10/h2-3H,1H3. The minimum absolute atomic E-state index is 0.583. The zero-order valence-corrected chi connectivity index (χ0v) is 7.42. The predicted octanol–water partition coefficient (Wildman–Crippen LogP) is 1.13. The van der Waals surface area contributed by atoms with Gasteiger partial charge in [0.15, 0.2) is 5.82 Å². The van der Waals surface area contributed by atoms with E-state index in [4.69, 9.17) is 0 Å². The van der Waals surface area contributed by atoms with E-state index >= 15 is 0 Å². The molecule has 0 N–H and O–H groups in total. The van der Waals surface area contributed by atoms with E-state index in [-0.39, 0.29) is 0 Å². The van der Waals surface area contributed by atoms with Crippen LogP contribution in [0.15, 0.2) is 17.1 Å². The zero-order valence-electron chi connectivity index (χ0n) is 5.27. The first-order chi connectivity index (χ1) is 4.61. The molecule has 0 atom stereocenters. The van der Waals surface area contributed by atoms with Gasteiger partial charge in [-0.25, -0.2) is 4.39 Å². The quantitative estimate of drug-likeness (QED) is 0.635. The number of nitrogens with zero attached hydrogens (tertiary/aromatic N) is 1. The van der Waals surface area contributed by atoms with Crippen LogP contribution in [-0.4, -0.2) is 4.57 Å². The van der Waals surface area contributed by atoms with E-state index in [1.807, 2.05) is 22.6 Å². The second-order valence-electron chi connectivity index (χ2n) is 1.92. The molecule has 4 heteroatoms. The molecule has 0 bridgehead atoms. The highest BCUT2D eigenvalue weighted by molar-refractivity contribution is 14.1. The van der Waals surface area contributed by atoms with Gasteiger partial charge in [-0.2, -0.15) is 0 Å². The van der Waals surface area contributed by atoms with E-state index in [2.05, 4.69) is 0 Å². The largest absolute Gasteiger partial charge is 0.315 e. The van der Waals surface area contributed by atoms with Crippen LogP contribution in [0.25, 0.3) is 0 Å². The average molecular weight is 253 g/mol. The maximum Gasteiger partial charge on any atom is 0.286 e. The highest BCUT2D eigenvalue weighted by atomic mass is 127. The number of aryl methyl sites for hydroxylation is 1. The summed E-state index contributed by atoms with van der Waals surface area (Å²) in [5.74, 6) is -0.700. The Labute approximate surface area is 70.8 Å². The second-order valence-corrected chi connectivity index (χ2v) is 3.17. The fourth-order valence-corrected chi connectivity index (χ4v) is 1.32. The molecule has 0 saturated heterocycles. The van der Waals surface area contributed by atoms with Crippen LogP contribution < -0.4 is 5.56 Å². The number of aromatic nitrogens is 1. The van der Waals surface area contributed by atoms with Gasteiger partial charge in [-0.3, -0.25) is 4.79 Å². The van der Waals surface area contributed by atoms with Crippen LogP contribution in [-0.2, 0) is 7.05 Å². The van der Waals surface area contributed by atoms with Crippen molar-refractivity contribution in [3.8, 4) is 0 Å². The van der Waals surface area contributed by atoms with Gasteiger partial charge in [0.25, 0.3) is 5.56 Å². The maximum absolute atomic E-state index is 12.5. The Morgan fingerprint density at radius 2 is 2.30 bits per heavy atom. The van der Waals surface area contributed by atoms with E-state index in [1.165, 1.54) is 17.7 Å². The summed E-state index contributed by atoms with van der Waals surface area (Å²) in [6.45, 7) is 0. The number of hydrogen-bond acceptors (Lipinski definition) is 1. The molecule has 0 fully saturated rings. The van der Waals surface area contributed by atoms with Crippen molar-refractivity contribution in [2.75, 3.05) is 0 Å². The molecule has 0 spiro atoms. The summed E-state index contributed by atoms with van der Waals surface area (Å²) in [7, 11) is 1.52. The van der Waals surface area contributed by atoms with Crippen molar-refractivity contribution >= 4 is 22.6 Å². The van der Waals surface area contributed by atoms with Crippen LogP contribution in [0.3, 0.4) is 0 Å². The van der Waals surface area contributed by atoms with Gasteiger partial charge in [-0.05, 0) is 28.7 Å². The number of hydrogen-bond donors (Lipinski definition) is 0. The predicted molar refractivity (Wildman–Crippen MR) is 44.4 cm³/mol. The highest BCUT2D eigenvalue weighted by Crippen LogP contribution is 2.01. The SMILES string of the molecule is Cn1cc(I)cc(F)c1=O. The van der Waals surface area contributed by atoms with Gasteiger partial charge in [0.05, 0.1) is 0 Å². The molecule has 0 amide bonds. The molecule has 1 heterocycles. The third kappa shape index (κ3) is 1.36. The van der Waals surface area contributed by atoms with Crippen molar-refractivity contribution in [1.29, 1.82) is 0 Å². The van der Waals surface area contributed by atoms with E-state index < -0.39 is 11.4 Å². The summed E-state index contributed by atoms with van der Waals surface area (Å²) in [5.41, 5.74) is -0.583. The van der Waals surface area contributed by atoms with Crippen molar-refractivity contribution in [3.05, 3.63) is 32.0 Å². The van der Waals surface area contributed by atoms with Crippen LogP contribution in [0.1, 0.15) is 0 Å². The minimum atomic E-state index is -0.700. The van der Waals surface area contributed by atoms with Crippen molar-refractivity contribution < 1.29 is 4.39 Å². The van der Waals surface area contributed by atoms with Gasteiger partial charge >= 0.3 is 0 Å². The lowest BCUT2D eigenvalue weighted by molar-refractivity contribution is 0.589. The van der Waals surface area contributed by atoms with Crippen LogP contribution in [0, 0.1) is 9.39 Å². The van der Waals surface area contributed by atoms with Gasteiger partial charge in [0, 0.05) is 16.8 Å². The van der Waals surface area contributed by atoms with Crippen molar-refractivity contribution in [2.45, 2.75) is 0 Å². The lowest BCUT2D eigenvalue weighted by atomic mass is 10.5. The Bertz CT molecular complexity index is 281. The van der Waals surface area contributed by atoms with Crippen LogP contribution in [0.5, 0.6) is 0 Å². The number of halogens is 2. The molecule has 0 aliphatic rings. The Kier molecular flexibility index (Phi) is 2.08. The third-order valence-corrected chi connectivity index (χ3v) is 1.70. The van der Waals surface area contributed by atoms with E-state index in [9.17, 15) is 9.18 Å².